The van der Waals surface area contributed by atoms with Crippen molar-refractivity contribution < 1.29 is 8.78 Å². The number of thioether (sulfide) groups is 1. The summed E-state index contributed by atoms with van der Waals surface area (Å²) in [6.07, 6.45) is 1.73. The molecule has 0 radical (unpaired) electrons. The van der Waals surface area contributed by atoms with Gasteiger partial charge in [-0.2, -0.15) is 0 Å². The van der Waals surface area contributed by atoms with Gasteiger partial charge in [0.05, 0.1) is 5.69 Å². The molecular formula is C13H12F2N2OS. The molecule has 0 saturated carbocycles. The van der Waals surface area contributed by atoms with Gasteiger partial charge in [-0.15, -0.1) is 0 Å². The van der Waals surface area contributed by atoms with Crippen LogP contribution in [-0.2, 0) is 6.42 Å². The summed E-state index contributed by atoms with van der Waals surface area (Å²) in [5, 5.41) is 0.433. The smallest absolute Gasteiger partial charge is 0.254 e. The lowest BCUT2D eigenvalue weighted by molar-refractivity contribution is 0.559. The summed E-state index contributed by atoms with van der Waals surface area (Å²) in [6, 6.07) is 3.69. The molecule has 0 saturated heterocycles. The van der Waals surface area contributed by atoms with Gasteiger partial charge in [0.2, 0.25) is 0 Å². The van der Waals surface area contributed by atoms with E-state index in [0.29, 0.717) is 16.4 Å². The summed E-state index contributed by atoms with van der Waals surface area (Å²) < 4.78 is 27.2. The third-order valence-corrected chi connectivity index (χ3v) is 3.41. The number of H-pyrrole nitrogens is 1. The Morgan fingerprint density at radius 2 is 1.95 bits per heavy atom. The molecule has 1 aromatic heterocycles. The molecule has 1 N–H and O–H groups in total. The van der Waals surface area contributed by atoms with Gasteiger partial charge in [-0.1, -0.05) is 17.8 Å². The minimum absolute atomic E-state index is 0.0399. The summed E-state index contributed by atoms with van der Waals surface area (Å²) >= 11 is 1.27. The van der Waals surface area contributed by atoms with E-state index in [4.69, 9.17) is 0 Å². The van der Waals surface area contributed by atoms with Crippen LogP contribution >= 0.6 is 11.8 Å². The molecule has 1 heterocycles. The Morgan fingerprint density at radius 1 is 1.32 bits per heavy atom. The van der Waals surface area contributed by atoms with Gasteiger partial charge in [0.1, 0.15) is 11.6 Å². The van der Waals surface area contributed by atoms with Crippen LogP contribution in [0.5, 0.6) is 0 Å². The minimum atomic E-state index is -0.632. The third-order valence-electron chi connectivity index (χ3n) is 2.83. The van der Waals surface area contributed by atoms with Crippen LogP contribution in [0.1, 0.15) is 16.8 Å². The van der Waals surface area contributed by atoms with Crippen molar-refractivity contribution >= 4 is 11.8 Å². The Balaban J connectivity index is 2.49. The van der Waals surface area contributed by atoms with E-state index >= 15 is 0 Å². The number of nitrogens with one attached hydrogen (secondary N) is 1. The molecule has 19 heavy (non-hydrogen) atoms. The Morgan fingerprint density at radius 3 is 2.53 bits per heavy atom. The minimum Gasteiger partial charge on any atom is -0.301 e. The molecule has 1 aromatic carbocycles. The molecule has 0 amide bonds. The zero-order valence-corrected chi connectivity index (χ0v) is 11.3. The molecular weight excluding hydrogens is 270 g/mol. The Kier molecular flexibility index (Phi) is 3.99. The lowest BCUT2D eigenvalue weighted by Crippen LogP contribution is -2.16. The molecule has 0 aliphatic carbocycles. The lowest BCUT2D eigenvalue weighted by Gasteiger charge is -2.08. The highest BCUT2D eigenvalue weighted by atomic mass is 32.2. The normalized spacial score (nSPS) is 10.7. The van der Waals surface area contributed by atoms with E-state index in [2.05, 4.69) is 9.97 Å². The molecule has 0 aliphatic rings. The van der Waals surface area contributed by atoms with Gasteiger partial charge in [-0.05, 0) is 25.3 Å². The van der Waals surface area contributed by atoms with Crippen molar-refractivity contribution in [1.29, 1.82) is 0 Å². The summed E-state index contributed by atoms with van der Waals surface area (Å²) in [5.74, 6) is -1.26. The average Bonchev–Trinajstić information content (AvgIpc) is 2.38. The standard InChI is InChI=1S/C13H12F2N2OS/c1-7-11(16-13(19-2)17-12(7)18)6-8-9(14)4-3-5-10(8)15/h3-5H,6H2,1-2H3,(H,16,17,18). The first-order valence-electron chi connectivity index (χ1n) is 5.59. The summed E-state index contributed by atoms with van der Waals surface area (Å²) in [5.41, 5.74) is 0.402. The highest BCUT2D eigenvalue weighted by Gasteiger charge is 2.14. The van der Waals surface area contributed by atoms with Gasteiger partial charge in [0, 0.05) is 17.5 Å². The first-order valence-corrected chi connectivity index (χ1v) is 6.82. The van der Waals surface area contributed by atoms with Crippen LogP contribution in [0.15, 0.2) is 28.2 Å². The molecule has 0 bridgehead atoms. The van der Waals surface area contributed by atoms with E-state index in [1.165, 1.54) is 30.0 Å². The number of nitrogens with zero attached hydrogens (tertiary/aromatic N) is 1. The van der Waals surface area contributed by atoms with Gasteiger partial charge in [-0.25, -0.2) is 13.8 Å². The first-order chi connectivity index (χ1) is 9.02. The van der Waals surface area contributed by atoms with Crippen molar-refractivity contribution in [3.05, 3.63) is 57.0 Å². The second-order valence-electron chi connectivity index (χ2n) is 4.02. The van der Waals surface area contributed by atoms with E-state index in [9.17, 15) is 13.6 Å². The molecule has 2 rings (SSSR count). The van der Waals surface area contributed by atoms with Crippen LogP contribution in [0.25, 0.3) is 0 Å². The van der Waals surface area contributed by atoms with Crippen molar-refractivity contribution in [2.24, 2.45) is 0 Å². The zero-order chi connectivity index (χ0) is 14.0. The molecule has 0 unspecified atom stereocenters. The maximum absolute atomic E-state index is 13.6. The largest absolute Gasteiger partial charge is 0.301 e. The van der Waals surface area contributed by atoms with Gasteiger partial charge in [-0.3, -0.25) is 4.79 Å². The second-order valence-corrected chi connectivity index (χ2v) is 4.82. The van der Waals surface area contributed by atoms with Crippen LogP contribution in [0.2, 0.25) is 0 Å². The second kappa shape index (κ2) is 5.52. The summed E-state index contributed by atoms with van der Waals surface area (Å²) in [7, 11) is 0. The topological polar surface area (TPSA) is 45.8 Å². The maximum atomic E-state index is 13.6. The molecule has 0 atom stereocenters. The zero-order valence-electron chi connectivity index (χ0n) is 10.5. The van der Waals surface area contributed by atoms with Crippen LogP contribution < -0.4 is 5.56 Å². The van der Waals surface area contributed by atoms with Crippen molar-refractivity contribution in [2.75, 3.05) is 6.26 Å². The van der Waals surface area contributed by atoms with E-state index < -0.39 is 11.6 Å². The van der Waals surface area contributed by atoms with E-state index in [1.807, 2.05) is 0 Å². The van der Waals surface area contributed by atoms with Gasteiger partial charge < -0.3 is 4.98 Å². The number of rotatable bonds is 3. The third kappa shape index (κ3) is 2.84. The Labute approximate surface area is 113 Å². The molecule has 3 nitrogen and oxygen atoms in total. The van der Waals surface area contributed by atoms with E-state index in [0.717, 1.165) is 0 Å². The monoisotopic (exact) mass is 282 g/mol. The molecule has 0 spiro atoms. The van der Waals surface area contributed by atoms with Crippen molar-refractivity contribution in [1.82, 2.24) is 9.97 Å². The van der Waals surface area contributed by atoms with Crippen LogP contribution in [0.4, 0.5) is 8.78 Å². The van der Waals surface area contributed by atoms with Crippen molar-refractivity contribution in [3.8, 4) is 0 Å². The summed E-state index contributed by atoms with van der Waals surface area (Å²) in [4.78, 5) is 18.5. The predicted molar refractivity (Wildman–Crippen MR) is 70.5 cm³/mol. The van der Waals surface area contributed by atoms with Crippen LogP contribution in [-0.4, -0.2) is 16.2 Å². The van der Waals surface area contributed by atoms with Crippen LogP contribution in [0.3, 0.4) is 0 Å². The number of halogens is 2. The van der Waals surface area contributed by atoms with E-state index in [1.54, 1.807) is 13.2 Å². The molecule has 0 fully saturated rings. The Hall–Kier alpha value is -1.69. The van der Waals surface area contributed by atoms with Crippen LogP contribution in [0, 0.1) is 18.6 Å². The number of hydrogen-bond acceptors (Lipinski definition) is 3. The fraction of sp³-hybridized carbons (Fsp3) is 0.231. The van der Waals surface area contributed by atoms with Crippen molar-refractivity contribution in [3.63, 3.8) is 0 Å². The fourth-order valence-corrected chi connectivity index (χ4v) is 2.09. The molecule has 100 valence electrons. The predicted octanol–water partition coefficient (Wildman–Crippen LogP) is 2.67. The lowest BCUT2D eigenvalue weighted by atomic mass is 10.1. The maximum Gasteiger partial charge on any atom is 0.254 e. The van der Waals surface area contributed by atoms with Gasteiger partial charge in [0.15, 0.2) is 5.16 Å². The highest BCUT2D eigenvalue weighted by Crippen LogP contribution is 2.18. The number of hydrogen-bond donors (Lipinski definition) is 1. The number of benzene rings is 1. The molecule has 6 heteroatoms. The average molecular weight is 282 g/mol. The highest BCUT2D eigenvalue weighted by molar-refractivity contribution is 7.98. The van der Waals surface area contributed by atoms with E-state index in [-0.39, 0.29) is 17.5 Å². The first kappa shape index (κ1) is 13.7. The summed E-state index contributed by atoms with van der Waals surface area (Å²) in [6.45, 7) is 1.59. The van der Waals surface area contributed by atoms with Gasteiger partial charge in [0.25, 0.3) is 5.56 Å². The number of aromatic nitrogens is 2. The van der Waals surface area contributed by atoms with Crippen molar-refractivity contribution in [2.45, 2.75) is 18.5 Å². The SMILES string of the molecule is CSc1nc(Cc2c(F)cccc2F)c(C)c(=O)[nH]1. The molecule has 0 aliphatic heterocycles. The number of aromatic amines is 1. The fourth-order valence-electron chi connectivity index (χ4n) is 1.69. The molecule has 2 aromatic rings. The quantitative estimate of drug-likeness (QED) is 0.695. The van der Waals surface area contributed by atoms with Gasteiger partial charge >= 0.3 is 0 Å². The Bertz CT molecular complexity index is 650.